The van der Waals surface area contributed by atoms with E-state index in [4.69, 9.17) is 9.47 Å². The maximum atomic E-state index is 12.0. The first-order chi connectivity index (χ1) is 7.49. The first-order valence-corrected chi connectivity index (χ1v) is 5.36. The third-order valence-electron chi connectivity index (χ3n) is 2.02. The van der Waals surface area contributed by atoms with E-state index < -0.39 is 12.6 Å². The molecule has 0 rings (SSSR count). The average Bonchev–Trinajstić information content (AvgIpc) is 2.19. The van der Waals surface area contributed by atoms with Gasteiger partial charge in [-0.05, 0) is 13.0 Å². The largest absolute Gasteiger partial charge is 0.389 e. The third kappa shape index (κ3) is 10.2. The molecule has 3 nitrogen and oxygen atoms in total. The molecule has 1 unspecified atom stereocenters. The van der Waals surface area contributed by atoms with Crippen LogP contribution in [0.1, 0.15) is 19.8 Å². The van der Waals surface area contributed by atoms with Crippen molar-refractivity contribution in [3.05, 3.63) is 0 Å². The van der Waals surface area contributed by atoms with Gasteiger partial charge in [-0.2, -0.15) is 13.2 Å². The Morgan fingerprint density at radius 3 is 2.44 bits per heavy atom. The van der Waals surface area contributed by atoms with Crippen molar-refractivity contribution in [3.63, 3.8) is 0 Å². The molecule has 6 heteroatoms. The van der Waals surface area contributed by atoms with Crippen LogP contribution in [0.3, 0.4) is 0 Å². The number of alkyl halides is 3. The fourth-order valence-corrected chi connectivity index (χ4v) is 1.24. The molecular weight excluding hydrogens is 223 g/mol. The molecule has 0 aliphatic carbocycles. The summed E-state index contributed by atoms with van der Waals surface area (Å²) in [5.41, 5.74) is 0. The zero-order valence-electron chi connectivity index (χ0n) is 9.77. The Labute approximate surface area is 94.3 Å². The highest BCUT2D eigenvalue weighted by atomic mass is 19.4. The summed E-state index contributed by atoms with van der Waals surface area (Å²) in [6.45, 7) is 3.64. The molecule has 0 saturated carbocycles. The van der Waals surface area contributed by atoms with E-state index in [9.17, 15) is 13.2 Å². The molecule has 0 aromatic heterocycles. The van der Waals surface area contributed by atoms with Crippen molar-refractivity contribution >= 4 is 0 Å². The molecule has 0 amide bonds. The van der Waals surface area contributed by atoms with Gasteiger partial charge in [-0.3, -0.25) is 0 Å². The van der Waals surface area contributed by atoms with Gasteiger partial charge in [0.15, 0.2) is 0 Å². The number of halogens is 3. The highest BCUT2D eigenvalue weighted by Gasteiger charge is 2.28. The standard InChI is InChI=1S/C10H20F3NO2/c1-3-14-9(4-5-10(11,12)13)8-16-7-6-15-2/h9,14H,3-8H2,1-2H3. The molecule has 0 bridgehead atoms. The molecule has 0 spiro atoms. The van der Waals surface area contributed by atoms with E-state index in [1.807, 2.05) is 6.92 Å². The van der Waals surface area contributed by atoms with Crippen molar-refractivity contribution in [1.82, 2.24) is 5.32 Å². The van der Waals surface area contributed by atoms with Crippen LogP contribution in [0.15, 0.2) is 0 Å². The normalized spacial score (nSPS) is 14.1. The molecular formula is C10H20F3NO2. The van der Waals surface area contributed by atoms with Gasteiger partial charge in [0, 0.05) is 19.6 Å². The van der Waals surface area contributed by atoms with E-state index in [0.717, 1.165) is 0 Å². The van der Waals surface area contributed by atoms with Crippen LogP contribution in [-0.4, -0.2) is 45.7 Å². The van der Waals surface area contributed by atoms with Crippen LogP contribution >= 0.6 is 0 Å². The molecule has 0 fully saturated rings. The van der Waals surface area contributed by atoms with Crippen molar-refractivity contribution in [2.75, 3.05) is 33.5 Å². The van der Waals surface area contributed by atoms with Crippen molar-refractivity contribution < 1.29 is 22.6 Å². The van der Waals surface area contributed by atoms with Crippen LogP contribution < -0.4 is 5.32 Å². The zero-order valence-corrected chi connectivity index (χ0v) is 9.77. The topological polar surface area (TPSA) is 30.5 Å². The van der Waals surface area contributed by atoms with Crippen molar-refractivity contribution in [2.24, 2.45) is 0 Å². The SMILES string of the molecule is CCNC(CCC(F)(F)F)COCCOC. The first kappa shape index (κ1) is 15.7. The number of likely N-dealkylation sites (N-methyl/N-ethyl adjacent to an activating group) is 1. The summed E-state index contributed by atoms with van der Waals surface area (Å²) in [6.07, 6.45) is -4.83. The van der Waals surface area contributed by atoms with E-state index >= 15 is 0 Å². The van der Waals surface area contributed by atoms with E-state index in [-0.39, 0.29) is 19.1 Å². The van der Waals surface area contributed by atoms with Crippen molar-refractivity contribution in [2.45, 2.75) is 32.0 Å². The number of hydrogen-bond donors (Lipinski definition) is 1. The summed E-state index contributed by atoms with van der Waals surface area (Å²) in [6, 6.07) is -0.247. The van der Waals surface area contributed by atoms with Crippen LogP contribution in [0.4, 0.5) is 13.2 Å². The molecule has 16 heavy (non-hydrogen) atoms. The van der Waals surface area contributed by atoms with Gasteiger partial charge in [0.1, 0.15) is 0 Å². The van der Waals surface area contributed by atoms with Gasteiger partial charge in [-0.25, -0.2) is 0 Å². The fraction of sp³-hybridized carbons (Fsp3) is 1.00. The number of nitrogens with one attached hydrogen (secondary N) is 1. The number of hydrogen-bond acceptors (Lipinski definition) is 3. The Balaban J connectivity index is 3.70. The van der Waals surface area contributed by atoms with E-state index in [1.54, 1.807) is 7.11 Å². The molecule has 0 aromatic carbocycles. The van der Waals surface area contributed by atoms with Crippen LogP contribution in [0, 0.1) is 0 Å². The maximum Gasteiger partial charge on any atom is 0.389 e. The van der Waals surface area contributed by atoms with Gasteiger partial charge in [0.05, 0.1) is 19.8 Å². The van der Waals surface area contributed by atoms with Gasteiger partial charge in [-0.1, -0.05) is 6.92 Å². The summed E-state index contributed by atoms with van der Waals surface area (Å²) in [7, 11) is 1.55. The maximum absolute atomic E-state index is 12.0. The molecule has 0 heterocycles. The van der Waals surface area contributed by atoms with E-state index in [2.05, 4.69) is 5.32 Å². The second kappa shape index (κ2) is 8.78. The Kier molecular flexibility index (Phi) is 8.60. The van der Waals surface area contributed by atoms with Crippen molar-refractivity contribution in [1.29, 1.82) is 0 Å². The Morgan fingerprint density at radius 1 is 1.25 bits per heavy atom. The first-order valence-electron chi connectivity index (χ1n) is 5.36. The Bertz CT molecular complexity index is 165. The number of methoxy groups -OCH3 is 1. The van der Waals surface area contributed by atoms with Crippen LogP contribution in [0.2, 0.25) is 0 Å². The van der Waals surface area contributed by atoms with Gasteiger partial charge >= 0.3 is 6.18 Å². The van der Waals surface area contributed by atoms with Gasteiger partial charge < -0.3 is 14.8 Å². The highest BCUT2D eigenvalue weighted by Crippen LogP contribution is 2.22. The predicted molar refractivity (Wildman–Crippen MR) is 55.4 cm³/mol. The number of ether oxygens (including phenoxy) is 2. The van der Waals surface area contributed by atoms with Gasteiger partial charge in [0.2, 0.25) is 0 Å². The lowest BCUT2D eigenvalue weighted by molar-refractivity contribution is -0.137. The molecule has 98 valence electrons. The minimum absolute atomic E-state index is 0.0460. The van der Waals surface area contributed by atoms with Gasteiger partial charge in [-0.15, -0.1) is 0 Å². The van der Waals surface area contributed by atoms with E-state index in [1.165, 1.54) is 0 Å². The van der Waals surface area contributed by atoms with Crippen molar-refractivity contribution in [3.8, 4) is 0 Å². The summed E-state index contributed by atoms with van der Waals surface area (Å²) in [4.78, 5) is 0. The van der Waals surface area contributed by atoms with Gasteiger partial charge in [0.25, 0.3) is 0 Å². The third-order valence-corrected chi connectivity index (χ3v) is 2.02. The Morgan fingerprint density at radius 2 is 1.94 bits per heavy atom. The summed E-state index contributed by atoms with van der Waals surface area (Å²) < 4.78 is 46.0. The minimum Gasteiger partial charge on any atom is -0.382 e. The molecule has 1 N–H and O–H groups in total. The van der Waals surface area contributed by atoms with Crippen LogP contribution in [0.25, 0.3) is 0 Å². The number of rotatable bonds is 9. The second-order valence-electron chi connectivity index (χ2n) is 3.48. The van der Waals surface area contributed by atoms with Crippen LogP contribution in [0.5, 0.6) is 0 Å². The van der Waals surface area contributed by atoms with E-state index in [0.29, 0.717) is 19.8 Å². The smallest absolute Gasteiger partial charge is 0.382 e. The molecule has 1 atom stereocenters. The lowest BCUT2D eigenvalue weighted by atomic mass is 10.1. The Hall–Kier alpha value is -0.330. The molecule has 0 radical (unpaired) electrons. The zero-order chi connectivity index (χ0) is 12.4. The summed E-state index contributed by atoms with van der Waals surface area (Å²) in [5, 5.41) is 2.97. The highest BCUT2D eigenvalue weighted by molar-refractivity contribution is 4.67. The fourth-order valence-electron chi connectivity index (χ4n) is 1.24. The minimum atomic E-state index is -4.10. The monoisotopic (exact) mass is 243 g/mol. The predicted octanol–water partition coefficient (Wildman–Crippen LogP) is 1.97. The molecule has 0 saturated heterocycles. The van der Waals surface area contributed by atoms with Crippen LogP contribution in [-0.2, 0) is 9.47 Å². The average molecular weight is 243 g/mol. The second-order valence-corrected chi connectivity index (χ2v) is 3.48. The molecule has 0 aromatic rings. The molecule has 0 aliphatic rings. The summed E-state index contributed by atoms with van der Waals surface area (Å²) >= 11 is 0. The summed E-state index contributed by atoms with van der Waals surface area (Å²) in [5.74, 6) is 0. The lowest BCUT2D eigenvalue weighted by Gasteiger charge is -2.18. The quantitative estimate of drug-likeness (QED) is 0.628. The lowest BCUT2D eigenvalue weighted by Crippen LogP contribution is -2.34. The molecule has 0 aliphatic heterocycles.